The van der Waals surface area contributed by atoms with Crippen molar-refractivity contribution in [3.05, 3.63) is 0 Å². The number of hydrogen-bond acceptors (Lipinski definition) is 3. The first-order chi connectivity index (χ1) is 10.2. The van der Waals surface area contributed by atoms with E-state index < -0.39 is 0 Å². The molecule has 2 N–H and O–H groups in total. The van der Waals surface area contributed by atoms with Crippen molar-refractivity contribution in [1.29, 1.82) is 0 Å². The second-order valence-electron chi connectivity index (χ2n) is 6.43. The lowest BCUT2D eigenvalue weighted by atomic mass is 10.0. The van der Waals surface area contributed by atoms with E-state index in [1.165, 1.54) is 32.4 Å². The van der Waals surface area contributed by atoms with Crippen LogP contribution in [-0.4, -0.2) is 62.3 Å². The standard InChI is InChI=1S/C16H32N4O.HI/c1-3-17-15(19-14-16(2)8-7-13-21-16)18-9-12-20-10-5-4-6-11-20;/h3-14H2,1-2H3,(H2,17,18,19);1H. The van der Waals surface area contributed by atoms with Gasteiger partial charge in [0.2, 0.25) is 0 Å². The summed E-state index contributed by atoms with van der Waals surface area (Å²) in [5, 5.41) is 6.78. The third kappa shape index (κ3) is 7.00. The van der Waals surface area contributed by atoms with Crippen molar-refractivity contribution in [1.82, 2.24) is 15.5 Å². The molecule has 0 aromatic heterocycles. The van der Waals surface area contributed by atoms with E-state index in [4.69, 9.17) is 9.73 Å². The van der Waals surface area contributed by atoms with Gasteiger partial charge in [-0.2, -0.15) is 0 Å². The Labute approximate surface area is 152 Å². The van der Waals surface area contributed by atoms with E-state index in [1.807, 2.05) is 0 Å². The topological polar surface area (TPSA) is 48.9 Å². The number of ether oxygens (including phenoxy) is 1. The second-order valence-corrected chi connectivity index (χ2v) is 6.43. The molecule has 0 bridgehead atoms. The van der Waals surface area contributed by atoms with Crippen molar-refractivity contribution in [2.75, 3.05) is 45.9 Å². The molecule has 130 valence electrons. The SMILES string of the molecule is CCNC(=NCC1(C)CCCO1)NCCN1CCCCC1.I. The Balaban J connectivity index is 0.00000242. The van der Waals surface area contributed by atoms with Crippen molar-refractivity contribution in [2.45, 2.75) is 51.6 Å². The molecule has 0 radical (unpaired) electrons. The summed E-state index contributed by atoms with van der Waals surface area (Å²) in [6.07, 6.45) is 6.37. The molecule has 2 fully saturated rings. The van der Waals surface area contributed by atoms with E-state index in [0.717, 1.165) is 51.6 Å². The maximum atomic E-state index is 5.80. The van der Waals surface area contributed by atoms with Crippen LogP contribution in [-0.2, 0) is 4.74 Å². The number of aliphatic imine (C=N–C) groups is 1. The molecule has 0 amide bonds. The van der Waals surface area contributed by atoms with Gasteiger partial charge in [-0.15, -0.1) is 24.0 Å². The van der Waals surface area contributed by atoms with Gasteiger partial charge in [0, 0.05) is 26.2 Å². The van der Waals surface area contributed by atoms with Crippen LogP contribution in [0.15, 0.2) is 4.99 Å². The first-order valence-electron chi connectivity index (χ1n) is 8.60. The van der Waals surface area contributed by atoms with Gasteiger partial charge in [0.25, 0.3) is 0 Å². The van der Waals surface area contributed by atoms with Crippen LogP contribution in [0.1, 0.15) is 46.0 Å². The van der Waals surface area contributed by atoms with Crippen molar-refractivity contribution in [3.63, 3.8) is 0 Å². The van der Waals surface area contributed by atoms with Crippen LogP contribution in [0.3, 0.4) is 0 Å². The minimum Gasteiger partial charge on any atom is -0.373 e. The van der Waals surface area contributed by atoms with E-state index in [1.54, 1.807) is 0 Å². The zero-order valence-corrected chi connectivity index (χ0v) is 16.5. The summed E-state index contributed by atoms with van der Waals surface area (Å²) in [5.41, 5.74) is -0.0603. The molecule has 2 rings (SSSR count). The van der Waals surface area contributed by atoms with Gasteiger partial charge in [-0.3, -0.25) is 4.99 Å². The monoisotopic (exact) mass is 424 g/mol. The number of piperidine rings is 1. The predicted molar refractivity (Wildman–Crippen MR) is 103 cm³/mol. The lowest BCUT2D eigenvalue weighted by molar-refractivity contribution is 0.0283. The number of guanidine groups is 1. The summed E-state index contributed by atoms with van der Waals surface area (Å²) in [5.74, 6) is 0.922. The number of hydrogen-bond donors (Lipinski definition) is 2. The third-order valence-electron chi connectivity index (χ3n) is 4.39. The molecular weight excluding hydrogens is 391 g/mol. The van der Waals surface area contributed by atoms with E-state index in [9.17, 15) is 0 Å². The van der Waals surface area contributed by atoms with Gasteiger partial charge in [0.15, 0.2) is 5.96 Å². The Kier molecular flexibility index (Phi) is 9.66. The van der Waals surface area contributed by atoms with Crippen molar-refractivity contribution < 1.29 is 4.74 Å². The Morgan fingerprint density at radius 3 is 2.59 bits per heavy atom. The number of halogens is 1. The smallest absolute Gasteiger partial charge is 0.191 e. The largest absolute Gasteiger partial charge is 0.373 e. The van der Waals surface area contributed by atoms with Crippen LogP contribution in [0.4, 0.5) is 0 Å². The van der Waals surface area contributed by atoms with Gasteiger partial charge in [-0.05, 0) is 52.6 Å². The molecule has 5 nitrogen and oxygen atoms in total. The molecule has 0 aromatic rings. The highest BCUT2D eigenvalue weighted by Gasteiger charge is 2.29. The molecule has 0 aliphatic carbocycles. The number of rotatable bonds is 6. The lowest BCUT2D eigenvalue weighted by Gasteiger charge is -2.27. The van der Waals surface area contributed by atoms with Crippen molar-refractivity contribution in [3.8, 4) is 0 Å². The zero-order chi connectivity index (χ0) is 15.0. The Bertz CT molecular complexity index is 326. The minimum atomic E-state index is -0.0603. The highest BCUT2D eigenvalue weighted by atomic mass is 127. The van der Waals surface area contributed by atoms with Gasteiger partial charge in [-0.1, -0.05) is 6.42 Å². The first-order valence-corrected chi connectivity index (χ1v) is 8.60. The third-order valence-corrected chi connectivity index (χ3v) is 4.39. The van der Waals surface area contributed by atoms with Crippen LogP contribution >= 0.6 is 24.0 Å². The van der Waals surface area contributed by atoms with Gasteiger partial charge in [0.1, 0.15) is 0 Å². The van der Waals surface area contributed by atoms with Crippen LogP contribution < -0.4 is 10.6 Å². The minimum absolute atomic E-state index is 0. The Hall–Kier alpha value is -0.0800. The normalized spacial score (nSPS) is 26.5. The molecule has 1 atom stereocenters. The van der Waals surface area contributed by atoms with E-state index in [2.05, 4.69) is 29.4 Å². The summed E-state index contributed by atoms with van der Waals surface area (Å²) in [6, 6.07) is 0. The van der Waals surface area contributed by atoms with Crippen LogP contribution in [0, 0.1) is 0 Å². The molecule has 0 spiro atoms. The summed E-state index contributed by atoms with van der Waals surface area (Å²) in [4.78, 5) is 7.24. The summed E-state index contributed by atoms with van der Waals surface area (Å²) in [7, 11) is 0. The van der Waals surface area contributed by atoms with Crippen LogP contribution in [0.2, 0.25) is 0 Å². The van der Waals surface area contributed by atoms with Crippen LogP contribution in [0.5, 0.6) is 0 Å². The highest BCUT2D eigenvalue weighted by molar-refractivity contribution is 14.0. The highest BCUT2D eigenvalue weighted by Crippen LogP contribution is 2.24. The summed E-state index contributed by atoms with van der Waals surface area (Å²) < 4.78 is 5.80. The van der Waals surface area contributed by atoms with Gasteiger partial charge in [0.05, 0.1) is 12.1 Å². The fourth-order valence-electron chi connectivity index (χ4n) is 3.07. The Morgan fingerprint density at radius 1 is 1.18 bits per heavy atom. The summed E-state index contributed by atoms with van der Waals surface area (Å²) in [6.45, 7) is 11.4. The number of likely N-dealkylation sites (tertiary alicyclic amines) is 1. The van der Waals surface area contributed by atoms with Crippen molar-refractivity contribution in [2.24, 2.45) is 4.99 Å². The van der Waals surface area contributed by atoms with E-state index >= 15 is 0 Å². The fourth-order valence-corrected chi connectivity index (χ4v) is 3.07. The molecule has 1 unspecified atom stereocenters. The van der Waals surface area contributed by atoms with Gasteiger partial charge >= 0.3 is 0 Å². The van der Waals surface area contributed by atoms with Crippen molar-refractivity contribution >= 4 is 29.9 Å². The molecule has 6 heteroatoms. The molecule has 0 saturated carbocycles. The number of nitrogens with zero attached hydrogens (tertiary/aromatic N) is 2. The second kappa shape index (κ2) is 10.6. The maximum Gasteiger partial charge on any atom is 0.191 e. The number of nitrogens with one attached hydrogen (secondary N) is 2. The molecule has 2 aliphatic heterocycles. The predicted octanol–water partition coefficient (Wildman–Crippen LogP) is 2.21. The summed E-state index contributed by atoms with van der Waals surface area (Å²) >= 11 is 0. The zero-order valence-electron chi connectivity index (χ0n) is 14.2. The maximum absolute atomic E-state index is 5.80. The molecule has 2 aliphatic rings. The quantitative estimate of drug-likeness (QED) is 0.390. The molecular formula is C16H33IN4O. The fraction of sp³-hybridized carbons (Fsp3) is 0.938. The lowest BCUT2D eigenvalue weighted by Crippen LogP contribution is -2.43. The molecule has 0 aromatic carbocycles. The van der Waals surface area contributed by atoms with Crippen LogP contribution in [0.25, 0.3) is 0 Å². The molecule has 2 heterocycles. The van der Waals surface area contributed by atoms with Gasteiger partial charge < -0.3 is 20.3 Å². The average Bonchev–Trinajstić information content (AvgIpc) is 2.93. The first kappa shape index (κ1) is 20.0. The van der Waals surface area contributed by atoms with Gasteiger partial charge in [-0.25, -0.2) is 0 Å². The average molecular weight is 424 g/mol. The van der Waals surface area contributed by atoms with E-state index in [-0.39, 0.29) is 29.6 Å². The van der Waals surface area contributed by atoms with E-state index in [0.29, 0.717) is 0 Å². The molecule has 22 heavy (non-hydrogen) atoms. The molecule has 2 saturated heterocycles. The Morgan fingerprint density at radius 2 is 1.95 bits per heavy atom.